The SMILES string of the molecule is CC(Nc1nccc(-c2nc(-c3cccc([C@]4(O)CCN(C)C4=O)c3)cs2)n1)c1cnn(C)c1. The van der Waals surface area contributed by atoms with Crippen molar-refractivity contribution < 1.29 is 9.90 Å². The van der Waals surface area contributed by atoms with Gasteiger partial charge in [-0.2, -0.15) is 5.10 Å². The van der Waals surface area contributed by atoms with Crippen LogP contribution in [0.15, 0.2) is 54.3 Å². The molecule has 3 aromatic heterocycles. The number of benzene rings is 1. The molecule has 1 amide bonds. The first-order valence-corrected chi connectivity index (χ1v) is 11.8. The van der Waals surface area contributed by atoms with Gasteiger partial charge in [0.25, 0.3) is 5.91 Å². The number of amides is 1. The number of hydrogen-bond donors (Lipinski definition) is 2. The van der Waals surface area contributed by atoms with Gasteiger partial charge in [0.2, 0.25) is 5.95 Å². The number of aromatic nitrogens is 5. The highest BCUT2D eigenvalue weighted by molar-refractivity contribution is 7.13. The van der Waals surface area contributed by atoms with Crippen LogP contribution < -0.4 is 5.32 Å². The van der Waals surface area contributed by atoms with Crippen LogP contribution in [0.25, 0.3) is 22.0 Å². The lowest BCUT2D eigenvalue weighted by Gasteiger charge is -2.21. The molecule has 0 bridgehead atoms. The van der Waals surface area contributed by atoms with Crippen molar-refractivity contribution in [1.29, 1.82) is 0 Å². The van der Waals surface area contributed by atoms with E-state index < -0.39 is 5.60 Å². The highest BCUT2D eigenvalue weighted by atomic mass is 32.1. The number of nitrogens with zero attached hydrogens (tertiary/aromatic N) is 6. The van der Waals surface area contributed by atoms with Crippen LogP contribution in [0, 0.1) is 0 Å². The third kappa shape index (κ3) is 4.06. The lowest BCUT2D eigenvalue weighted by molar-refractivity contribution is -0.143. The molecule has 5 rings (SSSR count). The number of nitrogens with one attached hydrogen (secondary N) is 1. The van der Waals surface area contributed by atoms with Crippen LogP contribution in [0.3, 0.4) is 0 Å². The lowest BCUT2D eigenvalue weighted by atomic mass is 9.90. The van der Waals surface area contributed by atoms with Gasteiger partial charge >= 0.3 is 0 Å². The maximum atomic E-state index is 12.5. The molecule has 34 heavy (non-hydrogen) atoms. The van der Waals surface area contributed by atoms with E-state index in [1.807, 2.05) is 56.0 Å². The van der Waals surface area contributed by atoms with Crippen LogP contribution in [0.4, 0.5) is 5.95 Å². The van der Waals surface area contributed by atoms with Gasteiger partial charge in [0.15, 0.2) is 5.60 Å². The van der Waals surface area contributed by atoms with E-state index in [9.17, 15) is 9.90 Å². The third-order valence-corrected chi connectivity index (χ3v) is 6.96. The zero-order valence-electron chi connectivity index (χ0n) is 19.1. The summed E-state index contributed by atoms with van der Waals surface area (Å²) in [7, 11) is 3.59. The largest absolute Gasteiger partial charge is 0.375 e. The molecule has 174 valence electrons. The number of hydrogen-bond acceptors (Lipinski definition) is 8. The molecule has 1 aliphatic rings. The van der Waals surface area contributed by atoms with Gasteiger partial charge in [-0.1, -0.05) is 18.2 Å². The van der Waals surface area contributed by atoms with Crippen molar-refractivity contribution in [2.24, 2.45) is 7.05 Å². The summed E-state index contributed by atoms with van der Waals surface area (Å²) in [6, 6.07) is 9.24. The molecule has 1 fully saturated rings. The summed E-state index contributed by atoms with van der Waals surface area (Å²) in [5.41, 5.74) is 2.47. The summed E-state index contributed by atoms with van der Waals surface area (Å²) < 4.78 is 1.76. The molecule has 2 N–H and O–H groups in total. The van der Waals surface area contributed by atoms with E-state index in [2.05, 4.69) is 20.4 Å². The predicted molar refractivity (Wildman–Crippen MR) is 130 cm³/mol. The number of likely N-dealkylation sites (N-methyl/N-ethyl adjacent to an activating group) is 1. The summed E-state index contributed by atoms with van der Waals surface area (Å²) in [6.07, 6.45) is 5.86. The Bertz CT molecular complexity index is 1350. The van der Waals surface area contributed by atoms with Crippen LogP contribution in [0.5, 0.6) is 0 Å². The van der Waals surface area contributed by atoms with Gasteiger partial charge in [0, 0.05) is 56.0 Å². The molecule has 2 atom stereocenters. The molecule has 1 aromatic carbocycles. The molecule has 1 unspecified atom stereocenters. The second-order valence-electron chi connectivity index (χ2n) is 8.53. The van der Waals surface area contributed by atoms with Gasteiger partial charge in [-0.3, -0.25) is 9.48 Å². The lowest BCUT2D eigenvalue weighted by Crippen LogP contribution is -2.36. The highest BCUT2D eigenvalue weighted by Crippen LogP contribution is 2.35. The fraction of sp³-hybridized carbons (Fsp3) is 0.292. The Morgan fingerprint density at radius 1 is 1.21 bits per heavy atom. The summed E-state index contributed by atoms with van der Waals surface area (Å²) in [6.45, 7) is 2.56. The van der Waals surface area contributed by atoms with Crippen LogP contribution >= 0.6 is 11.3 Å². The first-order chi connectivity index (χ1) is 16.3. The smallest absolute Gasteiger partial charge is 0.258 e. The molecular formula is C24H25N7O2S. The van der Waals surface area contributed by atoms with Gasteiger partial charge in [-0.05, 0) is 24.6 Å². The van der Waals surface area contributed by atoms with Crippen molar-refractivity contribution in [3.63, 3.8) is 0 Å². The maximum Gasteiger partial charge on any atom is 0.258 e. The van der Waals surface area contributed by atoms with Gasteiger partial charge in [-0.15, -0.1) is 11.3 Å². The number of anilines is 1. The minimum absolute atomic E-state index is 0.00157. The van der Waals surface area contributed by atoms with Crippen LogP contribution in [-0.4, -0.2) is 54.2 Å². The highest BCUT2D eigenvalue weighted by Gasteiger charge is 2.45. The minimum atomic E-state index is -1.48. The molecule has 0 spiro atoms. The molecule has 1 aliphatic heterocycles. The predicted octanol–water partition coefficient (Wildman–Crippen LogP) is 3.22. The second kappa shape index (κ2) is 8.62. The number of aliphatic hydroxyl groups is 1. The van der Waals surface area contributed by atoms with Crippen LogP contribution in [-0.2, 0) is 17.4 Å². The first kappa shape index (κ1) is 22.2. The van der Waals surface area contributed by atoms with Crippen molar-refractivity contribution in [2.45, 2.75) is 25.0 Å². The average molecular weight is 476 g/mol. The molecule has 0 aliphatic carbocycles. The summed E-state index contributed by atoms with van der Waals surface area (Å²) in [4.78, 5) is 27.8. The number of likely N-dealkylation sites (tertiary alicyclic amines) is 1. The number of carbonyl (C=O) groups excluding carboxylic acids is 1. The molecule has 4 heterocycles. The van der Waals surface area contributed by atoms with E-state index in [1.165, 1.54) is 11.3 Å². The van der Waals surface area contributed by atoms with E-state index in [1.54, 1.807) is 28.9 Å². The quantitative estimate of drug-likeness (QED) is 0.441. The zero-order chi connectivity index (χ0) is 23.9. The van der Waals surface area contributed by atoms with Gasteiger partial charge < -0.3 is 15.3 Å². The van der Waals surface area contributed by atoms with E-state index in [4.69, 9.17) is 4.98 Å². The third-order valence-electron chi connectivity index (χ3n) is 6.09. The van der Waals surface area contributed by atoms with Gasteiger partial charge in [0.1, 0.15) is 10.7 Å². The molecule has 10 heteroatoms. The van der Waals surface area contributed by atoms with Crippen molar-refractivity contribution in [3.8, 4) is 22.0 Å². The molecule has 9 nitrogen and oxygen atoms in total. The minimum Gasteiger partial charge on any atom is -0.375 e. The Labute approximate surface area is 201 Å². The number of carbonyl (C=O) groups is 1. The zero-order valence-corrected chi connectivity index (χ0v) is 20.0. The van der Waals surface area contributed by atoms with Crippen molar-refractivity contribution in [2.75, 3.05) is 18.9 Å². The monoisotopic (exact) mass is 475 g/mol. The van der Waals surface area contributed by atoms with Crippen LogP contribution in [0.1, 0.15) is 30.5 Å². The van der Waals surface area contributed by atoms with Gasteiger partial charge in [0.05, 0.1) is 17.9 Å². The van der Waals surface area contributed by atoms with E-state index in [0.29, 0.717) is 24.5 Å². The number of thiazole rings is 1. The fourth-order valence-electron chi connectivity index (χ4n) is 4.07. The van der Waals surface area contributed by atoms with Crippen molar-refractivity contribution in [1.82, 2.24) is 29.6 Å². The average Bonchev–Trinajstić information content (AvgIpc) is 3.57. The topological polar surface area (TPSA) is 109 Å². The normalized spacial score (nSPS) is 18.9. The Kier molecular flexibility index (Phi) is 5.62. The molecule has 1 saturated heterocycles. The first-order valence-electron chi connectivity index (χ1n) is 11.0. The maximum absolute atomic E-state index is 12.5. The van der Waals surface area contributed by atoms with E-state index in [-0.39, 0.29) is 11.9 Å². The Hall–Kier alpha value is -3.63. The summed E-state index contributed by atoms with van der Waals surface area (Å²) >= 11 is 1.48. The van der Waals surface area contributed by atoms with Crippen molar-refractivity contribution in [3.05, 3.63) is 65.4 Å². The van der Waals surface area contributed by atoms with E-state index in [0.717, 1.165) is 27.5 Å². The molecule has 0 saturated carbocycles. The Balaban J connectivity index is 1.38. The van der Waals surface area contributed by atoms with Gasteiger partial charge in [-0.25, -0.2) is 15.0 Å². The van der Waals surface area contributed by atoms with E-state index >= 15 is 0 Å². The summed E-state index contributed by atoms with van der Waals surface area (Å²) in [5, 5.41) is 21.2. The Morgan fingerprint density at radius 3 is 2.79 bits per heavy atom. The Morgan fingerprint density at radius 2 is 2.06 bits per heavy atom. The van der Waals surface area contributed by atoms with Crippen LogP contribution in [0.2, 0.25) is 0 Å². The molecular weight excluding hydrogens is 450 g/mol. The number of aryl methyl sites for hydroxylation is 1. The van der Waals surface area contributed by atoms with Crippen molar-refractivity contribution >= 4 is 23.2 Å². The second-order valence-corrected chi connectivity index (χ2v) is 9.39. The molecule has 4 aromatic rings. The number of rotatable bonds is 6. The standard InChI is InChI=1S/C24H25N7O2S/c1-15(17-12-26-31(3)13-17)27-23-25-9-7-19(29-23)21-28-20(14-34-21)16-5-4-6-18(11-16)24(33)8-10-30(2)22(24)32/h4-7,9,11-15,33H,8,10H2,1-3H3,(H,25,27,29)/t15?,24-/m1/s1. The molecule has 0 radical (unpaired) electrons. The summed E-state index contributed by atoms with van der Waals surface area (Å²) in [5.74, 6) is 0.240. The fourth-order valence-corrected chi connectivity index (χ4v) is 4.87.